The predicted molar refractivity (Wildman–Crippen MR) is 74.5 cm³/mol. The van der Waals surface area contributed by atoms with Gasteiger partial charge in [-0.25, -0.2) is 0 Å². The third-order valence-corrected chi connectivity index (χ3v) is 3.45. The summed E-state index contributed by atoms with van der Waals surface area (Å²) in [4.78, 5) is 14.2. The summed E-state index contributed by atoms with van der Waals surface area (Å²) in [5, 5.41) is 16.2. The van der Waals surface area contributed by atoms with Crippen molar-refractivity contribution >= 4 is 5.91 Å². The lowest BCUT2D eigenvalue weighted by Crippen LogP contribution is -2.52. The molecule has 2 N–H and O–H groups in total. The summed E-state index contributed by atoms with van der Waals surface area (Å²) in [6.07, 6.45) is 0.572. The van der Waals surface area contributed by atoms with Crippen LogP contribution in [0.15, 0.2) is 6.07 Å². The molecule has 2 heterocycles. The van der Waals surface area contributed by atoms with E-state index in [-0.39, 0.29) is 24.7 Å². The summed E-state index contributed by atoms with van der Waals surface area (Å²) in [5.74, 6) is 0.407. The van der Waals surface area contributed by atoms with E-state index in [1.807, 2.05) is 13.0 Å². The van der Waals surface area contributed by atoms with E-state index in [1.54, 1.807) is 4.90 Å². The van der Waals surface area contributed by atoms with Crippen LogP contribution in [0.5, 0.6) is 0 Å². The second-order valence-electron chi connectivity index (χ2n) is 5.82. The fourth-order valence-electron chi connectivity index (χ4n) is 2.37. The lowest BCUT2D eigenvalue weighted by Gasteiger charge is -2.37. The number of ether oxygens (including phenoxy) is 1. The molecule has 1 saturated heterocycles. The number of hydrogen-bond acceptors (Lipinski definition) is 4. The van der Waals surface area contributed by atoms with Gasteiger partial charge in [-0.3, -0.25) is 9.89 Å². The summed E-state index contributed by atoms with van der Waals surface area (Å²) >= 11 is 0. The maximum Gasteiger partial charge on any atom is 0.274 e. The molecule has 1 aliphatic rings. The number of H-pyrrole nitrogens is 1. The van der Waals surface area contributed by atoms with Crippen molar-refractivity contribution in [3.63, 3.8) is 0 Å². The molecule has 0 bridgehead atoms. The van der Waals surface area contributed by atoms with Gasteiger partial charge in [0.25, 0.3) is 5.91 Å². The highest BCUT2D eigenvalue weighted by Gasteiger charge is 2.31. The molecule has 1 fully saturated rings. The quantitative estimate of drug-likeness (QED) is 0.857. The van der Waals surface area contributed by atoms with Gasteiger partial charge in [-0.2, -0.15) is 5.10 Å². The fourth-order valence-corrected chi connectivity index (χ4v) is 2.37. The topological polar surface area (TPSA) is 78.5 Å². The summed E-state index contributed by atoms with van der Waals surface area (Å²) in [6, 6.07) is 1.81. The number of morpholine rings is 1. The first-order chi connectivity index (χ1) is 9.51. The van der Waals surface area contributed by atoms with Gasteiger partial charge in [0, 0.05) is 12.2 Å². The highest BCUT2D eigenvalue weighted by molar-refractivity contribution is 5.92. The van der Waals surface area contributed by atoms with E-state index >= 15 is 0 Å². The Morgan fingerprint density at radius 1 is 1.65 bits per heavy atom. The number of carbonyl (C=O) groups excluding carboxylic acids is 1. The van der Waals surface area contributed by atoms with Crippen LogP contribution in [0.2, 0.25) is 0 Å². The van der Waals surface area contributed by atoms with Crippen molar-refractivity contribution < 1.29 is 14.6 Å². The molecule has 2 rings (SSSR count). The molecule has 6 nitrogen and oxygen atoms in total. The second kappa shape index (κ2) is 6.37. The highest BCUT2D eigenvalue weighted by atomic mass is 16.5. The summed E-state index contributed by atoms with van der Waals surface area (Å²) in [6.45, 7) is 6.96. The van der Waals surface area contributed by atoms with Crippen LogP contribution < -0.4 is 0 Å². The number of carbonyl (C=O) groups is 1. The molecule has 6 heteroatoms. The molecule has 20 heavy (non-hydrogen) atoms. The van der Waals surface area contributed by atoms with Gasteiger partial charge in [0.2, 0.25) is 0 Å². The maximum atomic E-state index is 12.5. The Kier molecular flexibility index (Phi) is 4.77. The van der Waals surface area contributed by atoms with Crippen molar-refractivity contribution in [2.45, 2.75) is 39.3 Å². The van der Waals surface area contributed by atoms with Crippen LogP contribution in [0, 0.1) is 5.92 Å². The van der Waals surface area contributed by atoms with Crippen molar-refractivity contribution in [3.05, 3.63) is 17.5 Å². The van der Waals surface area contributed by atoms with E-state index in [2.05, 4.69) is 24.0 Å². The molecule has 1 aromatic heterocycles. The number of amides is 1. The molecule has 112 valence electrons. The standard InChI is InChI=1S/C14H23N3O3/c1-9(2)4-11-5-13(16-15-11)14(19)17-6-12(7-18)20-8-10(17)3/h5,9-10,12,18H,4,6-8H2,1-3H3,(H,15,16). The molecule has 0 radical (unpaired) electrons. The van der Waals surface area contributed by atoms with Crippen LogP contribution in [-0.2, 0) is 11.2 Å². The van der Waals surface area contributed by atoms with Gasteiger partial charge in [-0.1, -0.05) is 13.8 Å². The number of hydrogen-bond donors (Lipinski definition) is 2. The number of aliphatic hydroxyl groups is 1. The Balaban J connectivity index is 2.07. The Hall–Kier alpha value is -1.40. The third-order valence-electron chi connectivity index (χ3n) is 3.45. The van der Waals surface area contributed by atoms with Gasteiger partial charge in [-0.05, 0) is 25.3 Å². The average molecular weight is 281 g/mol. The van der Waals surface area contributed by atoms with E-state index < -0.39 is 0 Å². The number of rotatable bonds is 4. The number of nitrogens with zero attached hydrogens (tertiary/aromatic N) is 2. The fraction of sp³-hybridized carbons (Fsp3) is 0.714. The Labute approximate surface area is 119 Å². The predicted octanol–water partition coefficient (Wildman–Crippen LogP) is 0.830. The van der Waals surface area contributed by atoms with Crippen molar-refractivity contribution in [3.8, 4) is 0 Å². The minimum absolute atomic E-state index is 0.00412. The minimum atomic E-state index is -0.302. The van der Waals surface area contributed by atoms with E-state index in [0.29, 0.717) is 24.8 Å². The first-order valence-electron chi connectivity index (χ1n) is 7.09. The molecule has 0 aliphatic carbocycles. The molecule has 0 aromatic carbocycles. The smallest absolute Gasteiger partial charge is 0.274 e. The number of aliphatic hydroxyl groups excluding tert-OH is 1. The van der Waals surface area contributed by atoms with Gasteiger partial charge in [0.05, 0.1) is 25.4 Å². The molecule has 2 atom stereocenters. The van der Waals surface area contributed by atoms with Crippen molar-refractivity contribution in [2.75, 3.05) is 19.8 Å². The Bertz CT molecular complexity index is 458. The molecular formula is C14H23N3O3. The summed E-state index contributed by atoms with van der Waals surface area (Å²) < 4.78 is 5.44. The van der Waals surface area contributed by atoms with Crippen LogP contribution in [0.25, 0.3) is 0 Å². The molecule has 0 spiro atoms. The zero-order valence-corrected chi connectivity index (χ0v) is 12.3. The second-order valence-corrected chi connectivity index (χ2v) is 5.82. The highest BCUT2D eigenvalue weighted by Crippen LogP contribution is 2.16. The van der Waals surface area contributed by atoms with Gasteiger partial charge in [0.1, 0.15) is 5.69 Å². The number of nitrogens with one attached hydrogen (secondary N) is 1. The largest absolute Gasteiger partial charge is 0.394 e. The summed E-state index contributed by atoms with van der Waals surface area (Å²) in [5.41, 5.74) is 1.41. The maximum absolute atomic E-state index is 12.5. The SMILES string of the molecule is CC(C)Cc1cc(C(=O)N2CC(CO)OCC2C)n[nH]1. The zero-order chi connectivity index (χ0) is 14.7. The average Bonchev–Trinajstić information content (AvgIpc) is 2.86. The van der Waals surface area contributed by atoms with E-state index in [4.69, 9.17) is 9.84 Å². The first-order valence-corrected chi connectivity index (χ1v) is 7.09. The lowest BCUT2D eigenvalue weighted by molar-refractivity contribution is -0.0668. The molecule has 1 aromatic rings. The normalized spacial score (nSPS) is 23.4. The molecule has 0 saturated carbocycles. The van der Waals surface area contributed by atoms with Crippen LogP contribution >= 0.6 is 0 Å². The lowest BCUT2D eigenvalue weighted by atomic mass is 10.1. The van der Waals surface area contributed by atoms with E-state index in [9.17, 15) is 4.79 Å². The van der Waals surface area contributed by atoms with Crippen LogP contribution in [0.1, 0.15) is 37.0 Å². The van der Waals surface area contributed by atoms with Gasteiger partial charge < -0.3 is 14.7 Å². The van der Waals surface area contributed by atoms with Crippen molar-refractivity contribution in [2.24, 2.45) is 5.92 Å². The Morgan fingerprint density at radius 2 is 2.40 bits per heavy atom. The zero-order valence-electron chi connectivity index (χ0n) is 12.3. The monoisotopic (exact) mass is 281 g/mol. The Morgan fingerprint density at radius 3 is 3.05 bits per heavy atom. The van der Waals surface area contributed by atoms with Gasteiger partial charge in [-0.15, -0.1) is 0 Å². The van der Waals surface area contributed by atoms with Crippen molar-refractivity contribution in [1.82, 2.24) is 15.1 Å². The molecular weight excluding hydrogens is 258 g/mol. The molecule has 1 aliphatic heterocycles. The van der Waals surface area contributed by atoms with Gasteiger partial charge >= 0.3 is 0 Å². The summed E-state index contributed by atoms with van der Waals surface area (Å²) in [7, 11) is 0. The van der Waals surface area contributed by atoms with Crippen LogP contribution in [-0.4, -0.2) is 58.0 Å². The minimum Gasteiger partial charge on any atom is -0.394 e. The van der Waals surface area contributed by atoms with E-state index in [0.717, 1.165) is 12.1 Å². The third kappa shape index (κ3) is 3.37. The first kappa shape index (κ1) is 15.0. The van der Waals surface area contributed by atoms with Crippen LogP contribution in [0.3, 0.4) is 0 Å². The number of aromatic nitrogens is 2. The molecule has 1 amide bonds. The number of aromatic amines is 1. The molecule has 2 unspecified atom stereocenters. The van der Waals surface area contributed by atoms with Crippen LogP contribution in [0.4, 0.5) is 0 Å². The van der Waals surface area contributed by atoms with E-state index in [1.165, 1.54) is 0 Å². The van der Waals surface area contributed by atoms with Gasteiger partial charge in [0.15, 0.2) is 0 Å². The van der Waals surface area contributed by atoms with Crippen molar-refractivity contribution in [1.29, 1.82) is 0 Å².